The molecular weight excluding hydrogens is 365 g/mol. The number of halogens is 1. The summed E-state index contributed by atoms with van der Waals surface area (Å²) in [6.07, 6.45) is 0.494. The number of amides is 1. The van der Waals surface area contributed by atoms with Gasteiger partial charge in [0, 0.05) is 20.0 Å². The standard InChI is InChI=1S/C20H22FN3O4/c1-24-15-11-12(21)5-7-14(15)23-17(24)9-10-22-20(25)13-6-8-16(26-2)19(28-4)18(13)27-3/h5-8,11H,9-10H2,1-4H3,(H,22,25). The SMILES string of the molecule is COc1ccc(C(=O)NCCc2nc3ccc(F)cc3n2C)c(OC)c1OC. The van der Waals surface area contributed by atoms with E-state index in [-0.39, 0.29) is 11.7 Å². The van der Waals surface area contributed by atoms with Crippen molar-refractivity contribution < 1.29 is 23.4 Å². The summed E-state index contributed by atoms with van der Waals surface area (Å²) in [7, 11) is 6.28. The molecule has 1 heterocycles. The van der Waals surface area contributed by atoms with E-state index in [0.29, 0.717) is 46.8 Å². The Kier molecular flexibility index (Phi) is 5.67. The zero-order valence-electron chi connectivity index (χ0n) is 16.2. The van der Waals surface area contributed by atoms with Gasteiger partial charge in [0.1, 0.15) is 11.6 Å². The van der Waals surface area contributed by atoms with Gasteiger partial charge in [-0.1, -0.05) is 0 Å². The van der Waals surface area contributed by atoms with Gasteiger partial charge in [-0.05, 0) is 30.3 Å². The van der Waals surface area contributed by atoms with Gasteiger partial charge in [0.2, 0.25) is 5.75 Å². The predicted molar refractivity (Wildman–Crippen MR) is 103 cm³/mol. The molecule has 0 aliphatic heterocycles. The molecule has 8 heteroatoms. The molecule has 0 radical (unpaired) electrons. The second-order valence-electron chi connectivity index (χ2n) is 6.11. The van der Waals surface area contributed by atoms with Crippen molar-refractivity contribution in [2.24, 2.45) is 7.05 Å². The monoisotopic (exact) mass is 387 g/mol. The number of aryl methyl sites for hydroxylation is 1. The van der Waals surface area contributed by atoms with Gasteiger partial charge in [0.15, 0.2) is 11.5 Å². The molecule has 3 rings (SSSR count). The van der Waals surface area contributed by atoms with E-state index in [2.05, 4.69) is 10.3 Å². The Morgan fingerprint density at radius 2 is 1.86 bits per heavy atom. The average Bonchev–Trinajstić information content (AvgIpc) is 3.01. The minimum absolute atomic E-state index is 0.303. The summed E-state index contributed by atoms with van der Waals surface area (Å²) in [5.74, 6) is 1.27. The van der Waals surface area contributed by atoms with Crippen molar-refractivity contribution in [3.05, 3.63) is 47.5 Å². The highest BCUT2D eigenvalue weighted by Crippen LogP contribution is 2.39. The number of hydrogen-bond donors (Lipinski definition) is 1. The van der Waals surface area contributed by atoms with Gasteiger partial charge in [-0.3, -0.25) is 4.79 Å². The fourth-order valence-corrected chi connectivity index (χ4v) is 3.10. The number of carbonyl (C=O) groups is 1. The van der Waals surface area contributed by atoms with E-state index < -0.39 is 0 Å². The van der Waals surface area contributed by atoms with E-state index in [1.807, 2.05) is 11.6 Å². The molecule has 3 aromatic rings. The number of imidazole rings is 1. The molecule has 0 aliphatic rings. The summed E-state index contributed by atoms with van der Waals surface area (Å²) in [6.45, 7) is 0.357. The Bertz CT molecular complexity index is 1020. The van der Waals surface area contributed by atoms with E-state index in [4.69, 9.17) is 14.2 Å². The van der Waals surface area contributed by atoms with Crippen molar-refractivity contribution in [1.29, 1.82) is 0 Å². The Labute approximate surface area is 162 Å². The molecule has 1 aromatic heterocycles. The van der Waals surface area contributed by atoms with Crippen molar-refractivity contribution in [3.8, 4) is 17.2 Å². The first kappa shape index (κ1) is 19.5. The minimum atomic E-state index is -0.309. The van der Waals surface area contributed by atoms with Gasteiger partial charge in [-0.15, -0.1) is 0 Å². The third-order valence-corrected chi connectivity index (χ3v) is 4.52. The third-order valence-electron chi connectivity index (χ3n) is 4.52. The highest BCUT2D eigenvalue weighted by molar-refractivity contribution is 5.98. The number of rotatable bonds is 7. The molecule has 7 nitrogen and oxygen atoms in total. The smallest absolute Gasteiger partial charge is 0.255 e. The maximum absolute atomic E-state index is 13.4. The van der Waals surface area contributed by atoms with Crippen LogP contribution in [-0.4, -0.2) is 43.3 Å². The lowest BCUT2D eigenvalue weighted by Gasteiger charge is -2.15. The van der Waals surface area contributed by atoms with E-state index in [0.717, 1.165) is 5.82 Å². The summed E-state index contributed by atoms with van der Waals surface area (Å²) < 4.78 is 31.1. The van der Waals surface area contributed by atoms with Gasteiger partial charge in [0.25, 0.3) is 5.91 Å². The normalized spacial score (nSPS) is 10.8. The molecule has 0 fully saturated rings. The number of methoxy groups -OCH3 is 3. The fraction of sp³-hybridized carbons (Fsp3) is 0.300. The van der Waals surface area contributed by atoms with Gasteiger partial charge >= 0.3 is 0 Å². The molecule has 0 aliphatic carbocycles. The number of nitrogens with one attached hydrogen (secondary N) is 1. The van der Waals surface area contributed by atoms with Gasteiger partial charge in [0.05, 0.1) is 37.9 Å². The summed E-state index contributed by atoms with van der Waals surface area (Å²) in [5, 5.41) is 2.85. The molecular formula is C20H22FN3O4. The first-order valence-corrected chi connectivity index (χ1v) is 8.68. The Balaban J connectivity index is 1.74. The second kappa shape index (κ2) is 8.16. The van der Waals surface area contributed by atoms with Crippen LogP contribution in [0.25, 0.3) is 11.0 Å². The Hall–Kier alpha value is -3.29. The highest BCUT2D eigenvalue weighted by Gasteiger charge is 2.20. The van der Waals surface area contributed by atoms with Gasteiger partial charge in [-0.25, -0.2) is 9.37 Å². The van der Waals surface area contributed by atoms with E-state index in [1.54, 1.807) is 18.2 Å². The lowest BCUT2D eigenvalue weighted by molar-refractivity contribution is 0.0950. The number of aromatic nitrogens is 2. The van der Waals surface area contributed by atoms with Crippen molar-refractivity contribution in [2.75, 3.05) is 27.9 Å². The molecule has 2 aromatic carbocycles. The van der Waals surface area contributed by atoms with Crippen LogP contribution < -0.4 is 19.5 Å². The van der Waals surface area contributed by atoms with Crippen molar-refractivity contribution in [3.63, 3.8) is 0 Å². The second-order valence-corrected chi connectivity index (χ2v) is 6.11. The number of carbonyl (C=O) groups excluding carboxylic acids is 1. The van der Waals surface area contributed by atoms with E-state index in [1.165, 1.54) is 33.5 Å². The largest absolute Gasteiger partial charge is 0.493 e. The van der Waals surface area contributed by atoms with Crippen LogP contribution in [0.5, 0.6) is 17.2 Å². The molecule has 28 heavy (non-hydrogen) atoms. The quantitative estimate of drug-likeness (QED) is 0.675. The highest BCUT2D eigenvalue weighted by atomic mass is 19.1. The zero-order chi connectivity index (χ0) is 20.3. The lowest BCUT2D eigenvalue weighted by atomic mass is 10.1. The molecule has 0 bridgehead atoms. The lowest BCUT2D eigenvalue weighted by Crippen LogP contribution is -2.27. The van der Waals surface area contributed by atoms with Crippen LogP contribution in [0.1, 0.15) is 16.2 Å². The van der Waals surface area contributed by atoms with Crippen molar-refractivity contribution in [1.82, 2.24) is 14.9 Å². The molecule has 1 amide bonds. The number of ether oxygens (including phenoxy) is 3. The van der Waals surface area contributed by atoms with E-state index in [9.17, 15) is 9.18 Å². The molecule has 1 N–H and O–H groups in total. The molecule has 148 valence electrons. The minimum Gasteiger partial charge on any atom is -0.493 e. The number of hydrogen-bond acceptors (Lipinski definition) is 5. The molecule has 0 atom stereocenters. The van der Waals surface area contributed by atoms with Crippen LogP contribution in [0, 0.1) is 5.82 Å². The molecule has 0 saturated heterocycles. The fourth-order valence-electron chi connectivity index (χ4n) is 3.10. The summed E-state index contributed by atoms with van der Waals surface area (Å²) >= 11 is 0. The van der Waals surface area contributed by atoms with Crippen molar-refractivity contribution in [2.45, 2.75) is 6.42 Å². The Morgan fingerprint density at radius 1 is 1.11 bits per heavy atom. The predicted octanol–water partition coefficient (Wildman–Crippen LogP) is 2.71. The van der Waals surface area contributed by atoms with Crippen LogP contribution >= 0.6 is 0 Å². The van der Waals surface area contributed by atoms with Crippen LogP contribution in [-0.2, 0) is 13.5 Å². The van der Waals surface area contributed by atoms with Crippen LogP contribution in [0.15, 0.2) is 30.3 Å². The summed E-state index contributed by atoms with van der Waals surface area (Å²) in [6, 6.07) is 7.73. The number of fused-ring (bicyclic) bond motifs is 1. The first-order valence-electron chi connectivity index (χ1n) is 8.68. The van der Waals surface area contributed by atoms with Crippen LogP contribution in [0.2, 0.25) is 0 Å². The topological polar surface area (TPSA) is 74.6 Å². The molecule has 0 spiro atoms. The first-order chi connectivity index (χ1) is 13.5. The summed E-state index contributed by atoms with van der Waals surface area (Å²) in [5.41, 5.74) is 1.77. The van der Waals surface area contributed by atoms with Crippen LogP contribution in [0.4, 0.5) is 4.39 Å². The van der Waals surface area contributed by atoms with E-state index >= 15 is 0 Å². The van der Waals surface area contributed by atoms with Gasteiger partial charge in [-0.2, -0.15) is 0 Å². The zero-order valence-corrected chi connectivity index (χ0v) is 16.2. The maximum atomic E-state index is 13.4. The maximum Gasteiger partial charge on any atom is 0.255 e. The average molecular weight is 387 g/mol. The molecule has 0 unspecified atom stereocenters. The number of benzene rings is 2. The summed E-state index contributed by atoms with van der Waals surface area (Å²) in [4.78, 5) is 17.1. The van der Waals surface area contributed by atoms with Gasteiger partial charge < -0.3 is 24.1 Å². The number of nitrogens with zero attached hydrogens (tertiary/aromatic N) is 2. The van der Waals surface area contributed by atoms with Crippen LogP contribution in [0.3, 0.4) is 0 Å². The molecule has 0 saturated carbocycles. The third kappa shape index (κ3) is 3.58. The Morgan fingerprint density at radius 3 is 2.54 bits per heavy atom. The van der Waals surface area contributed by atoms with Crippen molar-refractivity contribution >= 4 is 16.9 Å².